The van der Waals surface area contributed by atoms with E-state index in [4.69, 9.17) is 0 Å². The van der Waals surface area contributed by atoms with E-state index in [0.29, 0.717) is 12.5 Å². The molecule has 1 amide bonds. The molecule has 1 aliphatic rings. The zero-order valence-electron chi connectivity index (χ0n) is 15.6. The Labute approximate surface area is 151 Å². The molecule has 1 fully saturated rings. The monoisotopic (exact) mass is 338 g/mol. The Morgan fingerprint density at radius 1 is 1.08 bits per heavy atom. The third-order valence-electron chi connectivity index (χ3n) is 5.20. The van der Waals surface area contributed by atoms with E-state index < -0.39 is 0 Å². The molecule has 0 bridgehead atoms. The first-order chi connectivity index (χ1) is 12.2. The second kappa shape index (κ2) is 8.48. The first kappa shape index (κ1) is 17.9. The Kier molecular flexibility index (Phi) is 6.09. The molecule has 0 radical (unpaired) electrons. The van der Waals surface area contributed by atoms with Gasteiger partial charge in [-0.25, -0.2) is 0 Å². The van der Waals surface area contributed by atoms with E-state index in [0.717, 1.165) is 32.5 Å². The Morgan fingerprint density at radius 3 is 2.60 bits per heavy atom. The molecule has 0 aromatic heterocycles. The Balaban J connectivity index is 1.63. The quantitative estimate of drug-likeness (QED) is 0.674. The summed E-state index contributed by atoms with van der Waals surface area (Å²) >= 11 is 0. The van der Waals surface area contributed by atoms with Crippen LogP contribution < -0.4 is 0 Å². The van der Waals surface area contributed by atoms with Crippen molar-refractivity contribution < 1.29 is 4.79 Å². The Hall–Kier alpha value is -1.87. The number of hydrogen-bond acceptors (Lipinski definition) is 2. The van der Waals surface area contributed by atoms with Crippen molar-refractivity contribution in [2.45, 2.75) is 51.6 Å². The molecule has 0 saturated heterocycles. The van der Waals surface area contributed by atoms with Gasteiger partial charge < -0.3 is 4.90 Å². The average Bonchev–Trinajstić information content (AvgIpc) is 3.48. The highest BCUT2D eigenvalue weighted by atomic mass is 16.2. The van der Waals surface area contributed by atoms with Crippen molar-refractivity contribution in [3.8, 4) is 0 Å². The highest BCUT2D eigenvalue weighted by Crippen LogP contribution is 2.30. The summed E-state index contributed by atoms with van der Waals surface area (Å²) in [6, 6.07) is 15.8. The molecule has 0 N–H and O–H groups in total. The number of benzene rings is 2. The number of unbranched alkanes of at least 4 members (excludes halogenated alkanes) is 1. The number of rotatable bonds is 9. The lowest BCUT2D eigenvalue weighted by Gasteiger charge is -2.24. The van der Waals surface area contributed by atoms with Crippen molar-refractivity contribution in [2.75, 3.05) is 20.1 Å². The minimum Gasteiger partial charge on any atom is -0.346 e. The van der Waals surface area contributed by atoms with Crippen LogP contribution in [0.5, 0.6) is 0 Å². The standard InChI is InChI=1S/C22H30N2O/c1-3-4-15-23(2)22(25)14-16-24(20-12-13-20)17-19-10-7-9-18-8-5-6-11-21(18)19/h5-11,20H,3-4,12-17H2,1-2H3. The fourth-order valence-electron chi connectivity index (χ4n) is 3.43. The number of hydrogen-bond donors (Lipinski definition) is 0. The van der Waals surface area contributed by atoms with E-state index >= 15 is 0 Å². The second-order valence-corrected chi connectivity index (χ2v) is 7.26. The molecular formula is C22H30N2O. The predicted molar refractivity (Wildman–Crippen MR) is 105 cm³/mol. The summed E-state index contributed by atoms with van der Waals surface area (Å²) in [7, 11) is 1.93. The van der Waals surface area contributed by atoms with E-state index in [2.05, 4.69) is 54.3 Å². The van der Waals surface area contributed by atoms with Gasteiger partial charge in [-0.15, -0.1) is 0 Å². The van der Waals surface area contributed by atoms with Crippen molar-refractivity contribution in [2.24, 2.45) is 0 Å². The van der Waals surface area contributed by atoms with Crippen LogP contribution in [0.2, 0.25) is 0 Å². The zero-order chi connectivity index (χ0) is 17.6. The van der Waals surface area contributed by atoms with Gasteiger partial charge in [-0.3, -0.25) is 9.69 Å². The fourth-order valence-corrected chi connectivity index (χ4v) is 3.43. The van der Waals surface area contributed by atoms with Crippen molar-refractivity contribution in [3.63, 3.8) is 0 Å². The van der Waals surface area contributed by atoms with Gasteiger partial charge in [0.25, 0.3) is 0 Å². The van der Waals surface area contributed by atoms with Gasteiger partial charge in [0, 0.05) is 39.1 Å². The van der Waals surface area contributed by atoms with Crippen LogP contribution in [0.15, 0.2) is 42.5 Å². The van der Waals surface area contributed by atoms with E-state index in [1.54, 1.807) is 0 Å². The number of fused-ring (bicyclic) bond motifs is 1. The summed E-state index contributed by atoms with van der Waals surface area (Å²) in [4.78, 5) is 16.8. The summed E-state index contributed by atoms with van der Waals surface area (Å²) in [5, 5.41) is 2.63. The molecule has 0 atom stereocenters. The fraction of sp³-hybridized carbons (Fsp3) is 0.500. The predicted octanol–water partition coefficient (Wildman–Crippen LogP) is 4.45. The first-order valence-corrected chi connectivity index (χ1v) is 9.63. The molecule has 25 heavy (non-hydrogen) atoms. The maximum absolute atomic E-state index is 12.4. The maximum Gasteiger partial charge on any atom is 0.223 e. The largest absolute Gasteiger partial charge is 0.346 e. The highest BCUT2D eigenvalue weighted by molar-refractivity contribution is 5.85. The lowest BCUT2D eigenvalue weighted by atomic mass is 10.0. The van der Waals surface area contributed by atoms with E-state index in [1.165, 1.54) is 29.2 Å². The average molecular weight is 338 g/mol. The topological polar surface area (TPSA) is 23.6 Å². The van der Waals surface area contributed by atoms with Crippen molar-refractivity contribution in [3.05, 3.63) is 48.0 Å². The molecule has 3 heteroatoms. The Bertz CT molecular complexity index is 703. The molecule has 134 valence electrons. The van der Waals surface area contributed by atoms with Crippen molar-refractivity contribution in [1.29, 1.82) is 0 Å². The molecule has 0 aliphatic heterocycles. The number of carbonyl (C=O) groups is 1. The van der Waals surface area contributed by atoms with Crippen LogP contribution >= 0.6 is 0 Å². The van der Waals surface area contributed by atoms with Gasteiger partial charge in [0.15, 0.2) is 0 Å². The molecule has 3 rings (SSSR count). The third-order valence-corrected chi connectivity index (χ3v) is 5.20. The third kappa shape index (κ3) is 4.82. The zero-order valence-corrected chi connectivity index (χ0v) is 15.6. The van der Waals surface area contributed by atoms with Crippen LogP contribution in [0.3, 0.4) is 0 Å². The lowest BCUT2D eigenvalue weighted by molar-refractivity contribution is -0.130. The molecule has 2 aromatic carbocycles. The SMILES string of the molecule is CCCCN(C)C(=O)CCN(Cc1cccc2ccccc12)C1CC1. The van der Waals surface area contributed by atoms with Crippen LogP contribution in [0.4, 0.5) is 0 Å². The van der Waals surface area contributed by atoms with E-state index in [-0.39, 0.29) is 5.91 Å². The molecule has 0 spiro atoms. The van der Waals surface area contributed by atoms with Crippen LogP contribution in [0, 0.1) is 0 Å². The highest BCUT2D eigenvalue weighted by Gasteiger charge is 2.29. The normalized spacial score (nSPS) is 14.2. The number of nitrogens with zero attached hydrogens (tertiary/aromatic N) is 2. The summed E-state index contributed by atoms with van der Waals surface area (Å²) in [5.74, 6) is 0.275. The number of carbonyl (C=O) groups excluding carboxylic acids is 1. The molecule has 0 unspecified atom stereocenters. The van der Waals surface area contributed by atoms with Gasteiger partial charge in [0.05, 0.1) is 0 Å². The molecule has 0 heterocycles. The van der Waals surface area contributed by atoms with E-state index in [9.17, 15) is 4.79 Å². The van der Waals surface area contributed by atoms with Crippen LogP contribution in [0.1, 0.15) is 44.6 Å². The molecule has 1 saturated carbocycles. The van der Waals surface area contributed by atoms with Gasteiger partial charge in [0.1, 0.15) is 0 Å². The second-order valence-electron chi connectivity index (χ2n) is 7.26. The summed E-state index contributed by atoms with van der Waals surface area (Å²) in [6.45, 7) is 4.85. The van der Waals surface area contributed by atoms with Gasteiger partial charge in [0.2, 0.25) is 5.91 Å². The van der Waals surface area contributed by atoms with Crippen molar-refractivity contribution >= 4 is 16.7 Å². The van der Waals surface area contributed by atoms with Gasteiger partial charge >= 0.3 is 0 Å². The van der Waals surface area contributed by atoms with Gasteiger partial charge in [-0.2, -0.15) is 0 Å². The van der Waals surface area contributed by atoms with Crippen LogP contribution in [0.25, 0.3) is 10.8 Å². The van der Waals surface area contributed by atoms with Gasteiger partial charge in [-0.05, 0) is 35.6 Å². The Morgan fingerprint density at radius 2 is 1.84 bits per heavy atom. The smallest absolute Gasteiger partial charge is 0.223 e. The lowest BCUT2D eigenvalue weighted by Crippen LogP contribution is -2.33. The molecular weight excluding hydrogens is 308 g/mol. The molecule has 2 aromatic rings. The van der Waals surface area contributed by atoms with Gasteiger partial charge in [-0.1, -0.05) is 55.8 Å². The minimum absolute atomic E-state index is 0.275. The maximum atomic E-state index is 12.4. The van der Waals surface area contributed by atoms with E-state index in [1.807, 2.05) is 11.9 Å². The van der Waals surface area contributed by atoms with Crippen molar-refractivity contribution in [1.82, 2.24) is 9.80 Å². The molecule has 1 aliphatic carbocycles. The minimum atomic E-state index is 0.275. The van der Waals surface area contributed by atoms with Crippen LogP contribution in [-0.2, 0) is 11.3 Å². The molecule has 3 nitrogen and oxygen atoms in total. The number of amides is 1. The summed E-state index contributed by atoms with van der Waals surface area (Å²) in [6.07, 6.45) is 5.38. The summed E-state index contributed by atoms with van der Waals surface area (Å²) < 4.78 is 0. The first-order valence-electron chi connectivity index (χ1n) is 9.63. The van der Waals surface area contributed by atoms with Crippen LogP contribution in [-0.4, -0.2) is 41.9 Å². The summed E-state index contributed by atoms with van der Waals surface area (Å²) in [5.41, 5.74) is 1.37.